The van der Waals surface area contributed by atoms with Crippen molar-refractivity contribution >= 4 is 5.97 Å². The van der Waals surface area contributed by atoms with Crippen LogP contribution in [-0.2, 0) is 4.79 Å². The van der Waals surface area contributed by atoms with E-state index in [2.05, 4.69) is 0 Å². The third-order valence-electron chi connectivity index (χ3n) is 2.40. The summed E-state index contributed by atoms with van der Waals surface area (Å²) in [4.78, 5) is 11.2. The molecule has 88 valence electrons. The molecule has 0 radical (unpaired) electrons. The highest BCUT2D eigenvalue weighted by Gasteiger charge is 2.27. The maximum Gasteiger partial charge on any atom is 0.311 e. The van der Waals surface area contributed by atoms with E-state index in [0.717, 1.165) is 0 Å². The third-order valence-corrected chi connectivity index (χ3v) is 2.40. The molecule has 0 heterocycles. The summed E-state index contributed by atoms with van der Waals surface area (Å²) >= 11 is 0. The Hall–Kier alpha value is -1.38. The molecular formula is C13H17FO2. The molecule has 0 aliphatic rings. The van der Waals surface area contributed by atoms with Crippen molar-refractivity contribution in [2.45, 2.75) is 33.1 Å². The van der Waals surface area contributed by atoms with Crippen molar-refractivity contribution in [1.29, 1.82) is 0 Å². The zero-order valence-electron chi connectivity index (χ0n) is 9.83. The van der Waals surface area contributed by atoms with E-state index < -0.39 is 17.7 Å². The number of carbonyl (C=O) groups is 1. The molecule has 0 aliphatic heterocycles. The van der Waals surface area contributed by atoms with Crippen LogP contribution < -0.4 is 0 Å². The quantitative estimate of drug-likeness (QED) is 0.854. The molecule has 1 N–H and O–H groups in total. The number of hydrogen-bond donors (Lipinski definition) is 1. The Labute approximate surface area is 95.1 Å². The number of hydrogen-bond acceptors (Lipinski definition) is 1. The van der Waals surface area contributed by atoms with Gasteiger partial charge in [0, 0.05) is 5.56 Å². The van der Waals surface area contributed by atoms with Crippen LogP contribution in [0.1, 0.15) is 38.7 Å². The Morgan fingerprint density at radius 1 is 1.38 bits per heavy atom. The van der Waals surface area contributed by atoms with Crippen molar-refractivity contribution < 1.29 is 14.3 Å². The summed E-state index contributed by atoms with van der Waals surface area (Å²) < 4.78 is 13.5. The maximum absolute atomic E-state index is 13.5. The SMILES string of the molecule is CC(C)(C)CC(C(=O)O)c1ccccc1F. The van der Waals surface area contributed by atoms with Gasteiger partial charge in [-0.15, -0.1) is 0 Å². The first-order valence-electron chi connectivity index (χ1n) is 5.28. The summed E-state index contributed by atoms with van der Waals surface area (Å²) in [5.74, 6) is -2.19. The molecule has 1 aromatic rings. The highest BCUT2D eigenvalue weighted by molar-refractivity contribution is 5.76. The molecule has 0 saturated heterocycles. The van der Waals surface area contributed by atoms with Crippen LogP contribution in [-0.4, -0.2) is 11.1 Å². The summed E-state index contributed by atoms with van der Waals surface area (Å²) in [5, 5.41) is 9.15. The van der Waals surface area contributed by atoms with Gasteiger partial charge in [-0.1, -0.05) is 39.0 Å². The Morgan fingerprint density at radius 2 is 1.94 bits per heavy atom. The van der Waals surface area contributed by atoms with Crippen LogP contribution in [0.3, 0.4) is 0 Å². The monoisotopic (exact) mass is 224 g/mol. The summed E-state index contributed by atoms with van der Waals surface area (Å²) in [5.41, 5.74) is 0.121. The van der Waals surface area contributed by atoms with Gasteiger partial charge in [0.15, 0.2) is 0 Å². The van der Waals surface area contributed by atoms with Crippen LogP contribution in [0, 0.1) is 11.2 Å². The van der Waals surface area contributed by atoms with Crippen LogP contribution in [0.15, 0.2) is 24.3 Å². The van der Waals surface area contributed by atoms with Crippen LogP contribution in [0.5, 0.6) is 0 Å². The predicted molar refractivity (Wildman–Crippen MR) is 60.8 cm³/mol. The molecule has 3 heteroatoms. The first kappa shape index (κ1) is 12.7. The van der Waals surface area contributed by atoms with Gasteiger partial charge in [-0.3, -0.25) is 4.79 Å². The lowest BCUT2D eigenvalue weighted by Gasteiger charge is -2.23. The zero-order valence-corrected chi connectivity index (χ0v) is 9.83. The summed E-state index contributed by atoms with van der Waals surface area (Å²) in [6.45, 7) is 5.84. The molecule has 0 fully saturated rings. The second-order valence-corrected chi connectivity index (χ2v) is 5.18. The van der Waals surface area contributed by atoms with Crippen molar-refractivity contribution in [2.75, 3.05) is 0 Å². The van der Waals surface area contributed by atoms with Gasteiger partial charge in [-0.2, -0.15) is 0 Å². The normalized spacial score (nSPS) is 13.5. The number of benzene rings is 1. The molecule has 1 aromatic carbocycles. The van der Waals surface area contributed by atoms with Gasteiger partial charge < -0.3 is 5.11 Å². The van der Waals surface area contributed by atoms with E-state index in [0.29, 0.717) is 6.42 Å². The zero-order chi connectivity index (χ0) is 12.3. The predicted octanol–water partition coefficient (Wildman–Crippen LogP) is 3.43. The second-order valence-electron chi connectivity index (χ2n) is 5.18. The summed E-state index contributed by atoms with van der Waals surface area (Å²) in [6, 6.07) is 6.07. The Balaban J connectivity index is 3.04. The van der Waals surface area contributed by atoms with Crippen molar-refractivity contribution in [3.8, 4) is 0 Å². The molecule has 2 nitrogen and oxygen atoms in total. The minimum atomic E-state index is -0.972. The fourth-order valence-corrected chi connectivity index (χ4v) is 1.70. The number of carboxylic acids is 1. The lowest BCUT2D eigenvalue weighted by molar-refractivity contribution is -0.139. The molecule has 0 aliphatic carbocycles. The topological polar surface area (TPSA) is 37.3 Å². The van der Waals surface area contributed by atoms with Crippen molar-refractivity contribution in [3.05, 3.63) is 35.6 Å². The molecule has 16 heavy (non-hydrogen) atoms. The number of aliphatic carboxylic acids is 1. The first-order valence-corrected chi connectivity index (χ1v) is 5.28. The first-order chi connectivity index (χ1) is 7.31. The molecule has 0 bridgehead atoms. The molecule has 0 saturated carbocycles. The molecule has 0 spiro atoms. The van der Waals surface area contributed by atoms with Gasteiger partial charge in [0.2, 0.25) is 0 Å². The Kier molecular flexibility index (Phi) is 3.68. The van der Waals surface area contributed by atoms with Crippen LogP contribution in [0.4, 0.5) is 4.39 Å². The van der Waals surface area contributed by atoms with E-state index in [9.17, 15) is 9.18 Å². The Bertz CT molecular complexity index is 380. The van der Waals surface area contributed by atoms with E-state index in [1.54, 1.807) is 18.2 Å². The van der Waals surface area contributed by atoms with Gasteiger partial charge in [0.1, 0.15) is 5.82 Å². The highest BCUT2D eigenvalue weighted by Crippen LogP contribution is 2.32. The van der Waals surface area contributed by atoms with Gasteiger partial charge in [-0.05, 0) is 17.9 Å². The molecule has 1 unspecified atom stereocenters. The molecule has 1 rings (SSSR count). The second kappa shape index (κ2) is 4.64. The van der Waals surface area contributed by atoms with E-state index in [4.69, 9.17) is 5.11 Å². The summed E-state index contributed by atoms with van der Waals surface area (Å²) in [6.07, 6.45) is 0.420. The van der Waals surface area contributed by atoms with Gasteiger partial charge in [0.05, 0.1) is 5.92 Å². The molecule has 0 amide bonds. The average molecular weight is 224 g/mol. The van der Waals surface area contributed by atoms with Crippen LogP contribution in [0.25, 0.3) is 0 Å². The lowest BCUT2D eigenvalue weighted by atomic mass is 9.81. The molecular weight excluding hydrogens is 207 g/mol. The van der Waals surface area contributed by atoms with Crippen LogP contribution in [0.2, 0.25) is 0 Å². The number of rotatable bonds is 3. The van der Waals surface area contributed by atoms with E-state index >= 15 is 0 Å². The highest BCUT2D eigenvalue weighted by atomic mass is 19.1. The standard InChI is InChI=1S/C13H17FO2/c1-13(2,3)8-10(12(15)16)9-6-4-5-7-11(9)14/h4-7,10H,8H2,1-3H3,(H,15,16). The van der Waals surface area contributed by atoms with Crippen LogP contribution >= 0.6 is 0 Å². The minimum absolute atomic E-state index is 0.147. The van der Waals surface area contributed by atoms with E-state index in [-0.39, 0.29) is 11.0 Å². The lowest BCUT2D eigenvalue weighted by Crippen LogP contribution is -2.20. The van der Waals surface area contributed by atoms with E-state index in [1.807, 2.05) is 20.8 Å². The number of carboxylic acid groups (broad SMARTS) is 1. The van der Waals surface area contributed by atoms with Gasteiger partial charge >= 0.3 is 5.97 Å². The maximum atomic E-state index is 13.5. The van der Waals surface area contributed by atoms with Crippen molar-refractivity contribution in [3.63, 3.8) is 0 Å². The fraction of sp³-hybridized carbons (Fsp3) is 0.462. The van der Waals surface area contributed by atoms with Gasteiger partial charge in [0.25, 0.3) is 0 Å². The minimum Gasteiger partial charge on any atom is -0.481 e. The average Bonchev–Trinajstić information content (AvgIpc) is 2.13. The largest absolute Gasteiger partial charge is 0.481 e. The fourth-order valence-electron chi connectivity index (χ4n) is 1.70. The van der Waals surface area contributed by atoms with Gasteiger partial charge in [-0.25, -0.2) is 4.39 Å². The smallest absolute Gasteiger partial charge is 0.311 e. The summed E-state index contributed by atoms with van der Waals surface area (Å²) in [7, 11) is 0. The molecule has 1 atom stereocenters. The number of halogens is 1. The van der Waals surface area contributed by atoms with Crippen molar-refractivity contribution in [2.24, 2.45) is 5.41 Å². The van der Waals surface area contributed by atoms with E-state index in [1.165, 1.54) is 6.07 Å². The van der Waals surface area contributed by atoms with Crippen molar-refractivity contribution in [1.82, 2.24) is 0 Å². The molecule has 0 aromatic heterocycles. The third kappa shape index (κ3) is 3.33. The Morgan fingerprint density at radius 3 is 2.38 bits per heavy atom.